The number of fused-ring (bicyclic) bond motifs is 1. The number of carbonyl (C=O) groups excluding carboxylic acids is 1. The van der Waals surface area contributed by atoms with Crippen molar-refractivity contribution in [3.8, 4) is 16.9 Å². The number of hydrogen-bond donors (Lipinski definition) is 1. The molecule has 0 saturated carbocycles. The molecule has 4 aromatic rings. The summed E-state index contributed by atoms with van der Waals surface area (Å²) in [6, 6.07) is 15.8. The summed E-state index contributed by atoms with van der Waals surface area (Å²) in [6.07, 6.45) is 5.65. The Kier molecular flexibility index (Phi) is 3.79. The van der Waals surface area contributed by atoms with E-state index < -0.39 is 0 Å². The van der Waals surface area contributed by atoms with Crippen LogP contribution in [0.5, 0.6) is 0 Å². The highest BCUT2D eigenvalue weighted by atomic mass is 16.1. The van der Waals surface area contributed by atoms with Crippen molar-refractivity contribution in [1.29, 1.82) is 0 Å². The van der Waals surface area contributed by atoms with Gasteiger partial charge in [0.15, 0.2) is 0 Å². The number of hydrogen-bond acceptors (Lipinski definition) is 4. The molecule has 0 bridgehead atoms. The normalized spacial score (nSPS) is 15.9. The summed E-state index contributed by atoms with van der Waals surface area (Å²) in [4.78, 5) is 16.7. The molecule has 4 heterocycles. The number of para-hydroxylation sites is 1. The minimum absolute atomic E-state index is 0.0287. The Morgan fingerprint density at radius 2 is 1.93 bits per heavy atom. The molecule has 0 spiro atoms. The van der Waals surface area contributed by atoms with Crippen LogP contribution in [0, 0.1) is 0 Å². The van der Waals surface area contributed by atoms with Crippen molar-refractivity contribution in [3.63, 3.8) is 0 Å². The van der Waals surface area contributed by atoms with E-state index in [-0.39, 0.29) is 11.8 Å². The Morgan fingerprint density at radius 3 is 2.71 bits per heavy atom. The molecule has 1 amide bonds. The summed E-state index contributed by atoms with van der Waals surface area (Å²) in [5.41, 5.74) is 4.66. The number of benzene rings is 1. The number of nitrogens with zero attached hydrogens (tertiary/aromatic N) is 5. The zero-order chi connectivity index (χ0) is 19.1. The van der Waals surface area contributed by atoms with Crippen LogP contribution in [0.25, 0.3) is 16.9 Å². The van der Waals surface area contributed by atoms with Gasteiger partial charge in [0.1, 0.15) is 5.82 Å². The second-order valence-electron chi connectivity index (χ2n) is 6.78. The Morgan fingerprint density at radius 1 is 1.07 bits per heavy atom. The predicted octanol–water partition coefficient (Wildman–Crippen LogP) is 3.14. The number of nitrogens with one attached hydrogen (secondary N) is 1. The molecular formula is C21H18N6O. The third-order valence-electron chi connectivity index (χ3n) is 5.04. The van der Waals surface area contributed by atoms with Gasteiger partial charge in [-0.15, -0.1) is 0 Å². The number of aryl methyl sites for hydroxylation is 1. The van der Waals surface area contributed by atoms with Gasteiger partial charge < -0.3 is 5.32 Å². The number of carbonyl (C=O) groups is 1. The molecule has 28 heavy (non-hydrogen) atoms. The predicted molar refractivity (Wildman–Crippen MR) is 105 cm³/mol. The smallest absolute Gasteiger partial charge is 0.226 e. The maximum absolute atomic E-state index is 12.5. The van der Waals surface area contributed by atoms with Crippen molar-refractivity contribution in [1.82, 2.24) is 24.5 Å². The van der Waals surface area contributed by atoms with E-state index in [2.05, 4.69) is 15.4 Å². The first-order valence-electron chi connectivity index (χ1n) is 9.09. The van der Waals surface area contributed by atoms with E-state index in [1.807, 2.05) is 60.3 Å². The first-order chi connectivity index (χ1) is 13.7. The number of pyridine rings is 1. The topological polar surface area (TPSA) is 77.6 Å². The Hall–Kier alpha value is -3.74. The van der Waals surface area contributed by atoms with Crippen LogP contribution in [0.3, 0.4) is 0 Å². The standard InChI is InChI=1S/C21H18N6O/c1-26-21-19(20(25-26)14-6-5-10-22-13-14)16(12-18(28)24-21)17-9-11-23-27(17)15-7-3-2-4-8-15/h2-11,13,16H,12H2,1H3,(H,24,28)/t16-/m0/s1. The summed E-state index contributed by atoms with van der Waals surface area (Å²) >= 11 is 0. The van der Waals surface area contributed by atoms with Crippen molar-refractivity contribution < 1.29 is 4.79 Å². The molecule has 0 radical (unpaired) electrons. The van der Waals surface area contributed by atoms with Crippen molar-refractivity contribution in [2.24, 2.45) is 7.05 Å². The fraction of sp³-hybridized carbons (Fsp3) is 0.143. The lowest BCUT2D eigenvalue weighted by Crippen LogP contribution is -2.26. The summed E-state index contributed by atoms with van der Waals surface area (Å²) in [5.74, 6) is 0.537. The van der Waals surface area contributed by atoms with E-state index in [1.165, 1.54) is 0 Å². The highest BCUT2D eigenvalue weighted by Gasteiger charge is 2.35. The van der Waals surface area contributed by atoms with Crippen molar-refractivity contribution in [3.05, 3.63) is 78.4 Å². The molecular weight excluding hydrogens is 352 g/mol. The van der Waals surface area contributed by atoms with Crippen LogP contribution in [0.2, 0.25) is 0 Å². The molecule has 1 N–H and O–H groups in total. The van der Waals surface area contributed by atoms with Gasteiger partial charge in [0.2, 0.25) is 5.91 Å². The quantitative estimate of drug-likeness (QED) is 0.601. The molecule has 1 aromatic carbocycles. The van der Waals surface area contributed by atoms with Crippen molar-refractivity contribution in [2.75, 3.05) is 5.32 Å². The lowest BCUT2D eigenvalue weighted by molar-refractivity contribution is -0.116. The van der Waals surface area contributed by atoms with E-state index in [4.69, 9.17) is 5.10 Å². The first kappa shape index (κ1) is 16.4. The summed E-state index contributed by atoms with van der Waals surface area (Å²) in [5, 5.41) is 12.2. The van der Waals surface area contributed by atoms with Crippen molar-refractivity contribution >= 4 is 11.7 Å². The van der Waals surface area contributed by atoms with E-state index in [0.717, 1.165) is 34.0 Å². The SMILES string of the molecule is Cn1nc(-c2cccnc2)c2c1NC(=O)C[C@H]2c1ccnn1-c1ccccc1. The van der Waals surface area contributed by atoms with Crippen LogP contribution < -0.4 is 5.32 Å². The first-order valence-corrected chi connectivity index (χ1v) is 9.09. The van der Waals surface area contributed by atoms with Gasteiger partial charge in [-0.1, -0.05) is 18.2 Å². The summed E-state index contributed by atoms with van der Waals surface area (Å²) in [6.45, 7) is 0. The maximum Gasteiger partial charge on any atom is 0.226 e. The molecule has 7 nitrogen and oxygen atoms in total. The van der Waals surface area contributed by atoms with Gasteiger partial charge >= 0.3 is 0 Å². The zero-order valence-electron chi connectivity index (χ0n) is 15.3. The van der Waals surface area contributed by atoms with Gasteiger partial charge in [0, 0.05) is 49.1 Å². The van der Waals surface area contributed by atoms with Crippen LogP contribution in [-0.4, -0.2) is 30.5 Å². The molecule has 3 aromatic heterocycles. The highest BCUT2D eigenvalue weighted by molar-refractivity contribution is 5.96. The Bertz CT molecular complexity index is 1150. The third kappa shape index (κ3) is 2.60. The molecule has 1 aliphatic heterocycles. The molecule has 1 aliphatic rings. The highest BCUT2D eigenvalue weighted by Crippen LogP contribution is 2.42. The number of rotatable bonds is 3. The van der Waals surface area contributed by atoms with Gasteiger partial charge in [-0.3, -0.25) is 14.5 Å². The monoisotopic (exact) mass is 370 g/mol. The maximum atomic E-state index is 12.5. The van der Waals surface area contributed by atoms with Crippen LogP contribution in [0.15, 0.2) is 67.1 Å². The lowest BCUT2D eigenvalue weighted by Gasteiger charge is -2.24. The van der Waals surface area contributed by atoms with E-state index in [1.54, 1.807) is 23.3 Å². The minimum Gasteiger partial charge on any atom is -0.311 e. The van der Waals surface area contributed by atoms with E-state index >= 15 is 0 Å². The van der Waals surface area contributed by atoms with Crippen LogP contribution in [0.4, 0.5) is 5.82 Å². The fourth-order valence-corrected chi connectivity index (χ4v) is 3.82. The molecule has 5 rings (SSSR count). The largest absolute Gasteiger partial charge is 0.311 e. The van der Waals surface area contributed by atoms with Gasteiger partial charge in [0.25, 0.3) is 0 Å². The van der Waals surface area contributed by atoms with Crippen LogP contribution >= 0.6 is 0 Å². The summed E-state index contributed by atoms with van der Waals surface area (Å²) in [7, 11) is 1.84. The fourth-order valence-electron chi connectivity index (χ4n) is 3.82. The average Bonchev–Trinajstić information content (AvgIpc) is 3.34. The third-order valence-corrected chi connectivity index (χ3v) is 5.04. The second-order valence-corrected chi connectivity index (χ2v) is 6.78. The molecule has 0 saturated heterocycles. The van der Waals surface area contributed by atoms with Gasteiger partial charge in [-0.05, 0) is 30.3 Å². The molecule has 1 atom stereocenters. The van der Waals surface area contributed by atoms with Gasteiger partial charge in [-0.25, -0.2) is 4.68 Å². The Balaban J connectivity index is 1.71. The second kappa shape index (κ2) is 6.45. The minimum atomic E-state index is -0.157. The van der Waals surface area contributed by atoms with Crippen LogP contribution in [-0.2, 0) is 11.8 Å². The zero-order valence-corrected chi connectivity index (χ0v) is 15.3. The number of anilines is 1. The molecule has 0 fully saturated rings. The average molecular weight is 370 g/mol. The van der Waals surface area contributed by atoms with Crippen LogP contribution in [0.1, 0.15) is 23.6 Å². The Labute approximate surface area is 161 Å². The number of amides is 1. The lowest BCUT2D eigenvalue weighted by atomic mass is 9.87. The van der Waals surface area contributed by atoms with E-state index in [0.29, 0.717) is 6.42 Å². The molecule has 138 valence electrons. The number of aromatic nitrogens is 5. The van der Waals surface area contributed by atoms with Gasteiger partial charge in [0.05, 0.1) is 17.1 Å². The molecule has 0 unspecified atom stereocenters. The van der Waals surface area contributed by atoms with Gasteiger partial charge in [-0.2, -0.15) is 10.2 Å². The summed E-state index contributed by atoms with van der Waals surface area (Å²) < 4.78 is 3.62. The van der Waals surface area contributed by atoms with Crippen molar-refractivity contribution in [2.45, 2.75) is 12.3 Å². The molecule has 0 aliphatic carbocycles. The van der Waals surface area contributed by atoms with E-state index in [9.17, 15) is 4.79 Å². The molecule has 7 heteroatoms.